The van der Waals surface area contributed by atoms with Crippen molar-refractivity contribution in [3.63, 3.8) is 0 Å². The third-order valence-corrected chi connectivity index (χ3v) is 4.66. The molecule has 0 radical (unpaired) electrons. The number of likely N-dealkylation sites (tertiary alicyclic amines) is 1. The zero-order chi connectivity index (χ0) is 13.6. The second-order valence-electron chi connectivity index (χ2n) is 5.45. The molecule has 0 spiro atoms. The first-order valence-electron chi connectivity index (χ1n) is 6.34. The highest BCUT2D eigenvalue weighted by molar-refractivity contribution is 7.16. The SMILES string of the molecule is CC(C)C1(O)CN(C(=O)c2ccc3ncsc3c2)C1. The first-order valence-corrected chi connectivity index (χ1v) is 7.22. The third-order valence-electron chi connectivity index (χ3n) is 3.87. The Morgan fingerprint density at radius 1 is 1.47 bits per heavy atom. The van der Waals surface area contributed by atoms with Crippen molar-refractivity contribution in [2.24, 2.45) is 5.92 Å². The molecule has 2 heterocycles. The van der Waals surface area contributed by atoms with Gasteiger partial charge in [0.25, 0.3) is 5.91 Å². The molecule has 0 bridgehead atoms. The molecule has 4 nitrogen and oxygen atoms in total. The first-order chi connectivity index (χ1) is 8.99. The Kier molecular flexibility index (Phi) is 2.83. The van der Waals surface area contributed by atoms with Gasteiger partial charge in [0.2, 0.25) is 0 Å². The summed E-state index contributed by atoms with van der Waals surface area (Å²) in [5, 5.41) is 10.2. The van der Waals surface area contributed by atoms with E-state index in [2.05, 4.69) is 4.98 Å². The minimum absolute atomic E-state index is 0.0133. The number of aliphatic hydroxyl groups is 1. The Morgan fingerprint density at radius 3 is 2.89 bits per heavy atom. The summed E-state index contributed by atoms with van der Waals surface area (Å²) in [6, 6.07) is 5.55. The molecule has 5 heteroatoms. The normalized spacial score (nSPS) is 17.8. The second kappa shape index (κ2) is 4.28. The largest absolute Gasteiger partial charge is 0.386 e. The van der Waals surface area contributed by atoms with Crippen molar-refractivity contribution in [2.75, 3.05) is 13.1 Å². The zero-order valence-electron chi connectivity index (χ0n) is 11.0. The van der Waals surface area contributed by atoms with Gasteiger partial charge in [0.1, 0.15) is 5.60 Å². The van der Waals surface area contributed by atoms with E-state index >= 15 is 0 Å². The van der Waals surface area contributed by atoms with Crippen LogP contribution < -0.4 is 0 Å². The number of carbonyl (C=O) groups excluding carboxylic acids is 1. The maximum atomic E-state index is 12.3. The summed E-state index contributed by atoms with van der Waals surface area (Å²) in [5.41, 5.74) is 2.65. The molecule has 1 saturated heterocycles. The topological polar surface area (TPSA) is 53.4 Å². The van der Waals surface area contributed by atoms with Crippen LogP contribution >= 0.6 is 11.3 Å². The van der Waals surface area contributed by atoms with Gasteiger partial charge in [-0.3, -0.25) is 4.79 Å². The standard InChI is InChI=1S/C14H16N2O2S/c1-9(2)14(18)6-16(7-14)13(17)10-3-4-11-12(5-10)19-8-15-11/h3-5,8-9,18H,6-7H2,1-2H3. The fourth-order valence-corrected chi connectivity index (χ4v) is 3.01. The van der Waals surface area contributed by atoms with Crippen molar-refractivity contribution in [2.45, 2.75) is 19.4 Å². The van der Waals surface area contributed by atoms with Crippen LogP contribution in [0.25, 0.3) is 10.2 Å². The Morgan fingerprint density at radius 2 is 2.21 bits per heavy atom. The molecule has 2 aromatic rings. The molecule has 0 atom stereocenters. The van der Waals surface area contributed by atoms with Gasteiger partial charge in [0, 0.05) is 5.56 Å². The Bertz CT molecular complexity index is 629. The molecule has 1 fully saturated rings. The Labute approximate surface area is 115 Å². The van der Waals surface area contributed by atoms with Gasteiger partial charge in [-0.05, 0) is 24.1 Å². The molecular weight excluding hydrogens is 260 g/mol. The molecule has 1 aliphatic rings. The van der Waals surface area contributed by atoms with Crippen molar-refractivity contribution >= 4 is 27.5 Å². The first kappa shape index (κ1) is 12.6. The van der Waals surface area contributed by atoms with E-state index in [0.29, 0.717) is 18.7 Å². The average molecular weight is 276 g/mol. The highest BCUT2D eigenvalue weighted by atomic mass is 32.1. The summed E-state index contributed by atoms with van der Waals surface area (Å²) in [6.07, 6.45) is 0. The van der Waals surface area contributed by atoms with Crippen molar-refractivity contribution in [1.82, 2.24) is 9.88 Å². The lowest BCUT2D eigenvalue weighted by molar-refractivity contribution is -0.110. The fourth-order valence-electron chi connectivity index (χ4n) is 2.29. The lowest BCUT2D eigenvalue weighted by atomic mass is 9.82. The van der Waals surface area contributed by atoms with Crippen LogP contribution in [0.4, 0.5) is 0 Å². The molecule has 1 aromatic heterocycles. The number of amides is 1. The van der Waals surface area contributed by atoms with E-state index in [9.17, 15) is 9.90 Å². The molecular formula is C14H16N2O2S. The number of β-amino-alcohol motifs (C(OH)–C–C–N with tert-alkyl or cyclic N) is 1. The van der Waals surface area contributed by atoms with Gasteiger partial charge in [-0.15, -0.1) is 11.3 Å². The number of benzene rings is 1. The number of carbonyl (C=O) groups is 1. The summed E-state index contributed by atoms with van der Waals surface area (Å²) in [6.45, 7) is 4.80. The van der Waals surface area contributed by atoms with E-state index in [1.54, 1.807) is 16.5 Å². The van der Waals surface area contributed by atoms with Crippen LogP contribution in [0, 0.1) is 5.92 Å². The van der Waals surface area contributed by atoms with Crippen LogP contribution in [-0.2, 0) is 0 Å². The van der Waals surface area contributed by atoms with Crippen LogP contribution in [0.5, 0.6) is 0 Å². The van der Waals surface area contributed by atoms with Crippen LogP contribution in [0.3, 0.4) is 0 Å². The van der Waals surface area contributed by atoms with Crippen molar-refractivity contribution < 1.29 is 9.90 Å². The smallest absolute Gasteiger partial charge is 0.254 e. The molecule has 1 aliphatic heterocycles. The molecule has 0 saturated carbocycles. The molecule has 100 valence electrons. The number of rotatable bonds is 2. The average Bonchev–Trinajstić information content (AvgIpc) is 2.80. The second-order valence-corrected chi connectivity index (χ2v) is 6.34. The fraction of sp³-hybridized carbons (Fsp3) is 0.429. The number of hydrogen-bond donors (Lipinski definition) is 1. The van der Waals surface area contributed by atoms with Crippen LogP contribution in [0.1, 0.15) is 24.2 Å². The minimum Gasteiger partial charge on any atom is -0.386 e. The van der Waals surface area contributed by atoms with E-state index in [-0.39, 0.29) is 11.8 Å². The lowest BCUT2D eigenvalue weighted by Crippen LogP contribution is -2.65. The summed E-state index contributed by atoms with van der Waals surface area (Å²) >= 11 is 1.53. The molecule has 3 rings (SSSR count). The van der Waals surface area contributed by atoms with Crippen molar-refractivity contribution in [1.29, 1.82) is 0 Å². The number of thiazole rings is 1. The molecule has 19 heavy (non-hydrogen) atoms. The summed E-state index contributed by atoms with van der Waals surface area (Å²) in [4.78, 5) is 18.2. The van der Waals surface area contributed by atoms with Gasteiger partial charge in [0.05, 0.1) is 28.8 Å². The zero-order valence-corrected chi connectivity index (χ0v) is 11.8. The predicted molar refractivity (Wildman–Crippen MR) is 75.3 cm³/mol. The maximum absolute atomic E-state index is 12.3. The molecule has 1 N–H and O–H groups in total. The van der Waals surface area contributed by atoms with E-state index in [0.717, 1.165) is 10.2 Å². The monoisotopic (exact) mass is 276 g/mol. The van der Waals surface area contributed by atoms with Crippen LogP contribution in [-0.4, -0.2) is 39.6 Å². The third kappa shape index (κ3) is 2.03. The summed E-state index contributed by atoms with van der Waals surface area (Å²) in [7, 11) is 0. The molecule has 1 amide bonds. The van der Waals surface area contributed by atoms with Gasteiger partial charge < -0.3 is 10.0 Å². The number of aromatic nitrogens is 1. The van der Waals surface area contributed by atoms with Gasteiger partial charge in [-0.2, -0.15) is 0 Å². The van der Waals surface area contributed by atoms with Crippen LogP contribution in [0.15, 0.2) is 23.7 Å². The highest BCUT2D eigenvalue weighted by Crippen LogP contribution is 2.30. The van der Waals surface area contributed by atoms with E-state index < -0.39 is 5.60 Å². The van der Waals surface area contributed by atoms with E-state index in [1.807, 2.05) is 26.0 Å². The van der Waals surface area contributed by atoms with Gasteiger partial charge in [0.15, 0.2) is 0 Å². The van der Waals surface area contributed by atoms with Crippen molar-refractivity contribution in [3.05, 3.63) is 29.3 Å². The molecule has 1 aromatic carbocycles. The van der Waals surface area contributed by atoms with Gasteiger partial charge in [-0.1, -0.05) is 13.8 Å². The maximum Gasteiger partial charge on any atom is 0.254 e. The number of nitrogens with zero attached hydrogens (tertiary/aromatic N) is 2. The number of fused-ring (bicyclic) bond motifs is 1. The number of hydrogen-bond acceptors (Lipinski definition) is 4. The Hall–Kier alpha value is -1.46. The molecule has 0 aliphatic carbocycles. The quantitative estimate of drug-likeness (QED) is 0.914. The van der Waals surface area contributed by atoms with Gasteiger partial charge >= 0.3 is 0 Å². The summed E-state index contributed by atoms with van der Waals surface area (Å²) in [5.74, 6) is 0.154. The lowest BCUT2D eigenvalue weighted by Gasteiger charge is -2.49. The Balaban J connectivity index is 1.78. The predicted octanol–water partition coefficient (Wildman–Crippen LogP) is 2.14. The van der Waals surface area contributed by atoms with E-state index in [4.69, 9.17) is 0 Å². The highest BCUT2D eigenvalue weighted by Gasteiger charge is 2.45. The minimum atomic E-state index is -0.718. The molecule has 0 unspecified atom stereocenters. The van der Waals surface area contributed by atoms with E-state index in [1.165, 1.54) is 11.3 Å². The summed E-state index contributed by atoms with van der Waals surface area (Å²) < 4.78 is 1.02. The van der Waals surface area contributed by atoms with Crippen LogP contribution in [0.2, 0.25) is 0 Å². The van der Waals surface area contributed by atoms with Gasteiger partial charge in [-0.25, -0.2) is 4.98 Å². The van der Waals surface area contributed by atoms with Crippen molar-refractivity contribution in [3.8, 4) is 0 Å².